The Morgan fingerprint density at radius 2 is 1.22 bits per heavy atom. The highest BCUT2D eigenvalue weighted by molar-refractivity contribution is 5.68. The summed E-state index contributed by atoms with van der Waals surface area (Å²) in [5.41, 5.74) is -0.188. The first-order valence-electron chi connectivity index (χ1n) is 13.7. The normalized spacial score (nSPS) is 35.2. The van der Waals surface area contributed by atoms with Crippen LogP contribution in [0.5, 0.6) is 0 Å². The smallest absolute Gasteiger partial charge is 0.407 e. The van der Waals surface area contributed by atoms with E-state index in [-0.39, 0.29) is 35.6 Å². The fourth-order valence-corrected chi connectivity index (χ4v) is 6.07. The lowest BCUT2D eigenvalue weighted by Gasteiger charge is -2.30. The van der Waals surface area contributed by atoms with Crippen LogP contribution in [0, 0.1) is 22.7 Å². The summed E-state index contributed by atoms with van der Waals surface area (Å²) in [6, 6.07) is 0.448. The molecule has 0 aromatic carbocycles. The van der Waals surface area contributed by atoms with Crippen LogP contribution in [0.1, 0.15) is 106 Å². The molecule has 0 aromatic rings. The minimum absolute atomic E-state index is 0.207. The van der Waals surface area contributed by atoms with E-state index in [4.69, 9.17) is 9.47 Å². The number of aliphatic hydroxyl groups is 1. The highest BCUT2D eigenvalue weighted by Gasteiger charge is 2.55. The van der Waals surface area contributed by atoms with Crippen LogP contribution < -0.4 is 10.6 Å². The van der Waals surface area contributed by atoms with E-state index in [1.54, 1.807) is 0 Å². The number of hydrogen-bond acceptors (Lipinski definition) is 6. The number of aliphatic hydroxyl groups excluding tert-OH is 1. The Kier molecular flexibility index (Phi) is 8.69. The third kappa shape index (κ3) is 8.09. The molecular weight excluding hydrogens is 460 g/mol. The molecule has 3 N–H and O–H groups in total. The van der Waals surface area contributed by atoms with Gasteiger partial charge in [-0.3, -0.25) is 0 Å². The molecule has 4 rings (SSSR count). The Morgan fingerprint density at radius 3 is 1.53 bits per heavy atom. The van der Waals surface area contributed by atoms with Gasteiger partial charge in [-0.25, -0.2) is 9.59 Å². The molecule has 206 valence electrons. The quantitative estimate of drug-likeness (QED) is 0.455. The molecule has 8 nitrogen and oxygen atoms in total. The van der Waals surface area contributed by atoms with Crippen LogP contribution in [0.3, 0.4) is 0 Å². The van der Waals surface area contributed by atoms with Gasteiger partial charge in [0.25, 0.3) is 0 Å². The Labute approximate surface area is 216 Å². The third-order valence-corrected chi connectivity index (χ3v) is 8.40. The molecule has 2 atom stereocenters. The molecule has 4 aliphatic rings. The number of amides is 2. The molecule has 36 heavy (non-hydrogen) atoms. The van der Waals surface area contributed by atoms with E-state index in [1.165, 1.54) is 6.42 Å². The molecular formula is C28H48N2O6. The van der Waals surface area contributed by atoms with Crippen molar-refractivity contribution in [3.63, 3.8) is 0 Å². The molecule has 2 amide bonds. The molecule has 0 heterocycles. The Hall–Kier alpha value is -1.83. The van der Waals surface area contributed by atoms with Gasteiger partial charge in [-0.1, -0.05) is 0 Å². The summed E-state index contributed by atoms with van der Waals surface area (Å²) >= 11 is 0. The standard InChI is InChI=1S/C14H25NO3.C14H23NO3/c2*1-13(2,3)18-12(17)15-11-4-6-14(7-5-11)8-10(14)9-16/h10-11,16H,4-9H2,1-3H3,(H,15,17);9-11H,4-8H2,1-3H3,(H,15,17)/t2*10-,11?,14?/m11/s1. The lowest BCUT2D eigenvalue weighted by Crippen LogP contribution is -2.41. The van der Waals surface area contributed by atoms with Crippen LogP contribution in [0.15, 0.2) is 0 Å². The molecule has 0 aliphatic heterocycles. The summed E-state index contributed by atoms with van der Waals surface area (Å²) in [6.45, 7) is 11.5. The zero-order valence-corrected chi connectivity index (χ0v) is 23.2. The molecule has 0 bridgehead atoms. The van der Waals surface area contributed by atoms with Gasteiger partial charge in [-0.05, 0) is 122 Å². The van der Waals surface area contributed by atoms with Crippen molar-refractivity contribution in [1.82, 2.24) is 10.6 Å². The van der Waals surface area contributed by atoms with Crippen LogP contribution in [0.25, 0.3) is 0 Å². The highest BCUT2D eigenvalue weighted by atomic mass is 16.6. The largest absolute Gasteiger partial charge is 0.444 e. The molecule has 4 aliphatic carbocycles. The maximum atomic E-state index is 11.7. The van der Waals surface area contributed by atoms with Crippen molar-refractivity contribution >= 4 is 18.5 Å². The number of ether oxygens (including phenoxy) is 2. The number of rotatable bonds is 4. The molecule has 2 spiro atoms. The maximum Gasteiger partial charge on any atom is 0.407 e. The predicted octanol–water partition coefficient (Wildman–Crippen LogP) is 5.11. The third-order valence-electron chi connectivity index (χ3n) is 8.40. The number of hydrogen-bond donors (Lipinski definition) is 3. The molecule has 4 fully saturated rings. The van der Waals surface area contributed by atoms with E-state index >= 15 is 0 Å². The predicted molar refractivity (Wildman–Crippen MR) is 137 cm³/mol. The lowest BCUT2D eigenvalue weighted by atomic mass is 9.82. The molecule has 0 radical (unpaired) electrons. The summed E-state index contributed by atoms with van der Waals surface area (Å²) < 4.78 is 10.5. The summed E-state index contributed by atoms with van der Waals surface area (Å²) in [5.74, 6) is 0.792. The van der Waals surface area contributed by atoms with E-state index in [0.717, 1.165) is 64.1 Å². The van der Waals surface area contributed by atoms with E-state index < -0.39 is 11.2 Å². The zero-order valence-electron chi connectivity index (χ0n) is 23.2. The second kappa shape index (κ2) is 10.9. The average Bonchev–Trinajstić information content (AvgIpc) is 3.64. The van der Waals surface area contributed by atoms with Crippen molar-refractivity contribution in [1.29, 1.82) is 0 Å². The van der Waals surface area contributed by atoms with Crippen LogP contribution in [-0.4, -0.2) is 53.5 Å². The van der Waals surface area contributed by atoms with E-state index in [1.807, 2.05) is 41.5 Å². The molecule has 8 heteroatoms. The van der Waals surface area contributed by atoms with Crippen molar-refractivity contribution in [3.05, 3.63) is 0 Å². The van der Waals surface area contributed by atoms with Gasteiger partial charge in [0.15, 0.2) is 0 Å². The monoisotopic (exact) mass is 508 g/mol. The van der Waals surface area contributed by atoms with Crippen molar-refractivity contribution in [3.8, 4) is 0 Å². The van der Waals surface area contributed by atoms with Crippen molar-refractivity contribution in [2.45, 2.75) is 129 Å². The highest BCUT2D eigenvalue weighted by Crippen LogP contribution is 2.61. The van der Waals surface area contributed by atoms with Gasteiger partial charge in [0.2, 0.25) is 0 Å². The average molecular weight is 509 g/mol. The fraction of sp³-hybridized carbons (Fsp3) is 0.893. The minimum atomic E-state index is -0.445. The maximum absolute atomic E-state index is 11.7. The van der Waals surface area contributed by atoms with Gasteiger partial charge >= 0.3 is 12.2 Å². The Bertz CT molecular complexity index is 783. The van der Waals surface area contributed by atoms with Gasteiger partial charge in [0.1, 0.15) is 17.5 Å². The topological polar surface area (TPSA) is 114 Å². The van der Waals surface area contributed by atoms with Gasteiger partial charge in [0.05, 0.1) is 0 Å². The van der Waals surface area contributed by atoms with Gasteiger partial charge in [-0.2, -0.15) is 0 Å². The number of alkyl carbamates (subject to hydrolysis) is 2. The molecule has 4 saturated carbocycles. The number of carbonyl (C=O) groups is 3. The van der Waals surface area contributed by atoms with Gasteiger partial charge in [0, 0.05) is 24.6 Å². The summed E-state index contributed by atoms with van der Waals surface area (Å²) in [7, 11) is 0. The number of nitrogens with one attached hydrogen (secondary N) is 2. The summed E-state index contributed by atoms with van der Waals surface area (Å²) in [6.07, 6.45) is 11.0. The van der Waals surface area contributed by atoms with E-state index in [9.17, 15) is 19.5 Å². The first-order chi connectivity index (χ1) is 16.7. The summed E-state index contributed by atoms with van der Waals surface area (Å²) in [5, 5.41) is 15.0. The van der Waals surface area contributed by atoms with Crippen molar-refractivity contribution in [2.75, 3.05) is 6.61 Å². The second-order valence-corrected chi connectivity index (χ2v) is 13.6. The van der Waals surface area contributed by atoms with Crippen LogP contribution in [0.2, 0.25) is 0 Å². The van der Waals surface area contributed by atoms with E-state index in [2.05, 4.69) is 10.6 Å². The van der Waals surface area contributed by atoms with Crippen molar-refractivity contribution in [2.24, 2.45) is 22.7 Å². The van der Waals surface area contributed by atoms with Crippen molar-refractivity contribution < 1.29 is 29.0 Å². The first kappa shape index (κ1) is 28.7. The Balaban J connectivity index is 0.000000201. The molecule has 0 unspecified atom stereocenters. The van der Waals surface area contributed by atoms with E-state index in [0.29, 0.717) is 17.9 Å². The van der Waals surface area contributed by atoms with Crippen LogP contribution >= 0.6 is 0 Å². The fourth-order valence-electron chi connectivity index (χ4n) is 6.07. The SMILES string of the molecule is CC(C)(C)OC(=O)NC1CCC2(CC1)C[C@@H]2C=O.CC(C)(C)OC(=O)NC1CCC2(CC1)C[C@@H]2CO. The molecule has 0 aromatic heterocycles. The molecule has 0 saturated heterocycles. The van der Waals surface area contributed by atoms with Gasteiger partial charge in [-0.15, -0.1) is 0 Å². The number of carbonyl (C=O) groups excluding carboxylic acids is 3. The van der Waals surface area contributed by atoms with Gasteiger partial charge < -0.3 is 30.0 Å². The van der Waals surface area contributed by atoms with Crippen LogP contribution in [-0.2, 0) is 14.3 Å². The first-order valence-corrected chi connectivity index (χ1v) is 13.7. The minimum Gasteiger partial charge on any atom is -0.444 e. The zero-order chi connectivity index (χ0) is 26.8. The van der Waals surface area contributed by atoms with Crippen LogP contribution in [0.4, 0.5) is 9.59 Å². The number of aldehydes is 1. The lowest BCUT2D eigenvalue weighted by molar-refractivity contribution is -0.109. The second-order valence-electron chi connectivity index (χ2n) is 13.6. The Morgan fingerprint density at radius 1 is 0.806 bits per heavy atom. The summed E-state index contributed by atoms with van der Waals surface area (Å²) in [4.78, 5) is 34.1.